The molecule has 12 atom stereocenters. The molecule has 9 rings (SSSR count). The van der Waals surface area contributed by atoms with Crippen molar-refractivity contribution < 1.29 is 56.8 Å². The molecule has 344 valence electrons. The number of rotatable bonds is 12. The number of ketones is 3. The molecule has 65 heavy (non-hydrogen) atoms. The fourth-order valence-corrected chi connectivity index (χ4v) is 12.8. The van der Waals surface area contributed by atoms with Gasteiger partial charge < -0.3 is 29.8 Å². The summed E-state index contributed by atoms with van der Waals surface area (Å²) in [6, 6.07) is 14.9. The summed E-state index contributed by atoms with van der Waals surface area (Å²) in [5, 5.41) is 13.9. The third-order valence-corrected chi connectivity index (χ3v) is 16.0. The highest BCUT2D eigenvalue weighted by molar-refractivity contribution is 6.01. The number of nitrogens with two attached hydrogens (primary N) is 1. The molecule has 0 amide bonds. The summed E-state index contributed by atoms with van der Waals surface area (Å²) in [6.07, 6.45) is 4.02. The number of aromatic nitrogens is 1. The van der Waals surface area contributed by atoms with Crippen LogP contribution in [0.3, 0.4) is 0 Å². The summed E-state index contributed by atoms with van der Waals surface area (Å²) in [6.45, 7) is 5.89. The van der Waals surface area contributed by atoms with E-state index in [2.05, 4.69) is 4.98 Å². The van der Waals surface area contributed by atoms with Crippen molar-refractivity contribution in [3.8, 4) is 0 Å². The van der Waals surface area contributed by atoms with Crippen LogP contribution in [0.2, 0.25) is 0 Å². The molecule has 1 saturated heterocycles. The molecular formula is C51H56F2N2O10. The molecule has 4 saturated carbocycles. The zero-order chi connectivity index (χ0) is 46.3. The minimum Gasteiger partial charge on any atom is -0.461 e. The van der Waals surface area contributed by atoms with Crippen molar-refractivity contribution in [2.75, 3.05) is 13.2 Å². The standard InChI is InChI=1S/C51H56F2N2O10/c1-47(2)64-44-22-37-38-21-40(52)39-20-33(56)14-16-48(39,3)50(38,53)42(58)23-49(37,4)51(44,65-47)43(59)27-63-46(61)35-7-5-6-34(35)45(60)62-26-28-8-11-30(12-9-28)36(24-54)41(57)19-29-10-13-32-25-55-17-15-31(32)18-29/h8-18,20,25,34-38,40,42,44,58H,5-7,19,21-24,26-27,54H2,1-4H3/t34?,35?,36-,37+,38+,40+,42+,44-,48+,49+,50+,51-/m1/s1. The SMILES string of the molecule is CC1(C)O[C@@H]2C[C@H]3[C@@H]4C[C@H](F)C5=CC(=O)C=C[C@]5(C)[C@@]4(F)[C@@H](O)C[C@]3(C)[C@]2(C(=O)COC(=O)C2CCCC2C(=O)OCc2ccc([C@@H](CN)C(=O)Cc3ccc4cnccc4c3)cc2)O1. The first-order valence-corrected chi connectivity index (χ1v) is 22.7. The fourth-order valence-electron chi connectivity index (χ4n) is 12.8. The lowest BCUT2D eigenvalue weighted by Crippen LogP contribution is -2.71. The van der Waals surface area contributed by atoms with Crippen LogP contribution in [0.25, 0.3) is 10.8 Å². The maximum absolute atomic E-state index is 17.8. The van der Waals surface area contributed by atoms with Crippen LogP contribution in [-0.2, 0) is 55.9 Å². The summed E-state index contributed by atoms with van der Waals surface area (Å²) in [5.41, 5.74) is 1.37. The number of fused-ring (bicyclic) bond motifs is 8. The van der Waals surface area contributed by atoms with E-state index in [4.69, 9.17) is 24.7 Å². The number of esters is 2. The number of nitrogens with zero attached hydrogens (tertiary/aromatic N) is 1. The second-order valence-corrected chi connectivity index (χ2v) is 20.0. The molecular weight excluding hydrogens is 839 g/mol. The van der Waals surface area contributed by atoms with Gasteiger partial charge in [-0.15, -0.1) is 0 Å². The number of aliphatic hydroxyl groups is 1. The topological polar surface area (TPSA) is 181 Å². The molecule has 5 aliphatic carbocycles. The minimum absolute atomic E-state index is 0.00272. The molecule has 1 aromatic heterocycles. The first kappa shape index (κ1) is 45.1. The van der Waals surface area contributed by atoms with Crippen molar-refractivity contribution in [3.05, 3.63) is 101 Å². The monoisotopic (exact) mass is 894 g/mol. The molecule has 3 N–H and O–H groups in total. The smallest absolute Gasteiger partial charge is 0.310 e. The molecule has 6 aliphatic rings. The van der Waals surface area contributed by atoms with E-state index in [1.807, 2.05) is 24.3 Å². The van der Waals surface area contributed by atoms with Crippen molar-refractivity contribution in [1.29, 1.82) is 0 Å². The molecule has 14 heteroatoms. The van der Waals surface area contributed by atoms with Gasteiger partial charge in [-0.2, -0.15) is 0 Å². The molecule has 0 spiro atoms. The van der Waals surface area contributed by atoms with Crippen LogP contribution < -0.4 is 5.73 Å². The second-order valence-electron chi connectivity index (χ2n) is 20.0. The van der Waals surface area contributed by atoms with Crippen LogP contribution in [0, 0.1) is 34.5 Å². The van der Waals surface area contributed by atoms with Crippen LogP contribution >= 0.6 is 0 Å². The molecule has 1 aliphatic heterocycles. The predicted molar refractivity (Wildman–Crippen MR) is 232 cm³/mol. The number of ether oxygens (including phenoxy) is 4. The number of allylic oxidation sites excluding steroid dienone is 4. The van der Waals surface area contributed by atoms with Gasteiger partial charge in [0, 0.05) is 47.5 Å². The third kappa shape index (κ3) is 7.21. The van der Waals surface area contributed by atoms with E-state index in [9.17, 15) is 29.1 Å². The van der Waals surface area contributed by atoms with Gasteiger partial charge in [-0.25, -0.2) is 8.78 Å². The Bertz CT molecular complexity index is 2510. The summed E-state index contributed by atoms with van der Waals surface area (Å²) in [5.74, 6) is -7.62. The average Bonchev–Trinajstić information content (AvgIpc) is 3.94. The van der Waals surface area contributed by atoms with Gasteiger partial charge in [-0.05, 0) is 105 Å². The molecule has 12 nitrogen and oxygen atoms in total. The molecule has 0 radical (unpaired) electrons. The summed E-state index contributed by atoms with van der Waals surface area (Å²) < 4.78 is 58.2. The van der Waals surface area contributed by atoms with Gasteiger partial charge in [-0.3, -0.25) is 29.0 Å². The number of carbonyl (C=O) groups is 5. The van der Waals surface area contributed by atoms with E-state index in [0.29, 0.717) is 24.8 Å². The lowest BCUT2D eigenvalue weighted by atomic mass is 9.44. The number of carbonyl (C=O) groups excluding carboxylic acids is 5. The zero-order valence-electron chi connectivity index (χ0n) is 37.1. The van der Waals surface area contributed by atoms with Gasteiger partial charge in [0.1, 0.15) is 18.6 Å². The van der Waals surface area contributed by atoms with Crippen LogP contribution in [-0.4, -0.2) is 88.0 Å². The lowest BCUT2D eigenvalue weighted by molar-refractivity contribution is -0.249. The Labute approximate surface area is 376 Å². The number of halogens is 2. The maximum Gasteiger partial charge on any atom is 0.310 e. The van der Waals surface area contributed by atoms with Gasteiger partial charge in [0.25, 0.3) is 0 Å². The lowest BCUT2D eigenvalue weighted by Gasteiger charge is -2.63. The van der Waals surface area contributed by atoms with Gasteiger partial charge in [0.05, 0.1) is 30.0 Å². The molecule has 3 aromatic rings. The maximum atomic E-state index is 17.8. The fraction of sp³-hybridized carbons (Fsp3) is 0.529. The van der Waals surface area contributed by atoms with Gasteiger partial charge in [0.2, 0.25) is 5.78 Å². The van der Waals surface area contributed by atoms with Crippen molar-refractivity contribution in [2.24, 2.45) is 40.2 Å². The quantitative estimate of drug-likeness (QED) is 0.189. The van der Waals surface area contributed by atoms with Crippen molar-refractivity contribution in [3.63, 3.8) is 0 Å². The molecule has 5 fully saturated rings. The summed E-state index contributed by atoms with van der Waals surface area (Å²) in [4.78, 5) is 71.7. The normalized spacial score (nSPS) is 35.9. The molecule has 2 heterocycles. The summed E-state index contributed by atoms with van der Waals surface area (Å²) in [7, 11) is 0. The van der Waals surface area contributed by atoms with E-state index < -0.39 is 106 Å². The Morgan fingerprint density at radius 1 is 0.938 bits per heavy atom. The Hall–Kier alpha value is -5.02. The molecule has 0 bridgehead atoms. The largest absolute Gasteiger partial charge is 0.461 e. The van der Waals surface area contributed by atoms with Gasteiger partial charge in [-0.1, -0.05) is 61.9 Å². The number of Topliss-reactive ketones (excluding diaryl/α,β-unsaturated/α-hetero) is 2. The van der Waals surface area contributed by atoms with Crippen LogP contribution in [0.15, 0.2) is 84.7 Å². The van der Waals surface area contributed by atoms with E-state index in [0.717, 1.165) is 28.0 Å². The molecule has 2 unspecified atom stereocenters. The second kappa shape index (κ2) is 16.4. The van der Waals surface area contributed by atoms with Crippen molar-refractivity contribution in [1.82, 2.24) is 4.98 Å². The number of benzene rings is 2. The van der Waals surface area contributed by atoms with Crippen molar-refractivity contribution in [2.45, 2.75) is 121 Å². The van der Waals surface area contributed by atoms with E-state index >= 15 is 8.78 Å². The Balaban J connectivity index is 0.839. The van der Waals surface area contributed by atoms with E-state index in [1.54, 1.807) is 57.4 Å². The third-order valence-electron chi connectivity index (χ3n) is 16.0. The Morgan fingerprint density at radius 3 is 2.37 bits per heavy atom. The number of hydrogen-bond donors (Lipinski definition) is 2. The highest BCUT2D eigenvalue weighted by atomic mass is 19.1. The first-order chi connectivity index (χ1) is 30.8. The van der Waals surface area contributed by atoms with E-state index in [1.165, 1.54) is 19.1 Å². The predicted octanol–water partition coefficient (Wildman–Crippen LogP) is 6.48. The number of alkyl halides is 2. The van der Waals surface area contributed by atoms with Gasteiger partial charge >= 0.3 is 11.9 Å². The highest BCUT2D eigenvalue weighted by Crippen LogP contribution is 2.72. The van der Waals surface area contributed by atoms with Crippen LogP contribution in [0.4, 0.5) is 8.78 Å². The Morgan fingerprint density at radius 2 is 1.65 bits per heavy atom. The number of pyridine rings is 1. The zero-order valence-corrected chi connectivity index (χ0v) is 37.1. The number of hydrogen-bond acceptors (Lipinski definition) is 12. The van der Waals surface area contributed by atoms with Gasteiger partial charge in [0.15, 0.2) is 29.4 Å². The van der Waals surface area contributed by atoms with Crippen LogP contribution in [0.5, 0.6) is 0 Å². The highest BCUT2D eigenvalue weighted by Gasteiger charge is 2.80. The minimum atomic E-state index is -2.37. The Kier molecular flexibility index (Phi) is 11.4. The first-order valence-electron chi connectivity index (χ1n) is 22.7. The average molecular weight is 895 g/mol. The van der Waals surface area contributed by atoms with Crippen LogP contribution in [0.1, 0.15) is 88.8 Å². The van der Waals surface area contributed by atoms with Crippen molar-refractivity contribution >= 4 is 40.1 Å². The van der Waals surface area contributed by atoms with E-state index in [-0.39, 0.29) is 50.2 Å². The summed E-state index contributed by atoms with van der Waals surface area (Å²) >= 11 is 0. The number of aliphatic hydroxyl groups excluding tert-OH is 1. The molecule has 2 aromatic carbocycles.